The summed E-state index contributed by atoms with van der Waals surface area (Å²) in [6, 6.07) is 17.0. The zero-order chi connectivity index (χ0) is 23.8. The van der Waals surface area contributed by atoms with Gasteiger partial charge in [0.1, 0.15) is 0 Å². The first-order chi connectivity index (χ1) is 16.7. The topological polar surface area (TPSA) is 85.8 Å². The number of ether oxygens (including phenoxy) is 3. The molecular weight excluding hydrogens is 432 g/mol. The molecule has 0 radical (unpaired) electrons. The minimum absolute atomic E-state index is 0.146. The summed E-state index contributed by atoms with van der Waals surface area (Å²) in [5.41, 5.74) is 3.19. The molecule has 1 aromatic heterocycles. The van der Waals surface area contributed by atoms with Crippen LogP contribution >= 0.6 is 0 Å². The van der Waals surface area contributed by atoms with Gasteiger partial charge < -0.3 is 24.4 Å². The van der Waals surface area contributed by atoms with E-state index in [9.17, 15) is 4.79 Å². The number of aromatic nitrogens is 2. The van der Waals surface area contributed by atoms with Gasteiger partial charge in [-0.25, -0.2) is 0 Å². The lowest BCUT2D eigenvalue weighted by molar-refractivity contribution is 0.0951. The van der Waals surface area contributed by atoms with E-state index < -0.39 is 0 Å². The lowest BCUT2D eigenvalue weighted by Gasteiger charge is -2.27. The van der Waals surface area contributed by atoms with Gasteiger partial charge in [-0.3, -0.25) is 4.79 Å². The molecule has 0 bridgehead atoms. The van der Waals surface area contributed by atoms with Crippen molar-refractivity contribution in [1.82, 2.24) is 15.5 Å². The molecule has 0 atom stereocenters. The summed E-state index contributed by atoms with van der Waals surface area (Å²) in [4.78, 5) is 14.8. The normalized spacial score (nSPS) is 13.4. The number of amides is 1. The molecule has 1 amide bonds. The predicted molar refractivity (Wildman–Crippen MR) is 130 cm³/mol. The number of benzene rings is 2. The van der Waals surface area contributed by atoms with Crippen LogP contribution in [0.3, 0.4) is 0 Å². The highest BCUT2D eigenvalue weighted by Crippen LogP contribution is 2.28. The van der Waals surface area contributed by atoms with Gasteiger partial charge in [0.25, 0.3) is 5.91 Å². The largest absolute Gasteiger partial charge is 0.490 e. The molecule has 8 nitrogen and oxygen atoms in total. The van der Waals surface area contributed by atoms with Crippen LogP contribution in [-0.4, -0.2) is 55.6 Å². The third-order valence-corrected chi connectivity index (χ3v) is 5.49. The van der Waals surface area contributed by atoms with Crippen LogP contribution in [0.25, 0.3) is 11.3 Å². The molecule has 1 saturated heterocycles. The monoisotopic (exact) mass is 462 g/mol. The summed E-state index contributed by atoms with van der Waals surface area (Å²) in [6.45, 7) is 8.42. The molecule has 8 heteroatoms. The second-order valence-corrected chi connectivity index (χ2v) is 7.78. The standard InChI is InChI=1S/C26H30N4O4/c1-3-33-23-11-5-19(17-24(23)34-4-2)18-27-26(31)21-8-6-20(7-9-21)22-10-12-25(29-28-22)30-13-15-32-16-14-30/h5-12,17H,3-4,13-16,18H2,1-2H3,(H,27,31). The molecule has 1 aliphatic heterocycles. The Hall–Kier alpha value is -3.65. The smallest absolute Gasteiger partial charge is 0.251 e. The number of carbonyl (C=O) groups is 1. The first-order valence-electron chi connectivity index (χ1n) is 11.6. The van der Waals surface area contributed by atoms with E-state index in [0.29, 0.717) is 50.0 Å². The number of rotatable bonds is 9. The van der Waals surface area contributed by atoms with Crippen LogP contribution in [0.1, 0.15) is 29.8 Å². The fourth-order valence-corrected chi connectivity index (χ4v) is 3.72. The number of hydrogen-bond donors (Lipinski definition) is 1. The maximum absolute atomic E-state index is 12.7. The number of anilines is 1. The minimum atomic E-state index is -0.146. The zero-order valence-corrected chi connectivity index (χ0v) is 19.6. The fraction of sp³-hybridized carbons (Fsp3) is 0.346. The highest BCUT2D eigenvalue weighted by Gasteiger charge is 2.13. The van der Waals surface area contributed by atoms with Gasteiger partial charge in [0.15, 0.2) is 17.3 Å². The van der Waals surface area contributed by atoms with Crippen LogP contribution in [0, 0.1) is 0 Å². The van der Waals surface area contributed by atoms with Crippen molar-refractivity contribution in [2.24, 2.45) is 0 Å². The molecule has 1 N–H and O–H groups in total. The lowest BCUT2D eigenvalue weighted by Crippen LogP contribution is -2.36. The average Bonchev–Trinajstić information content (AvgIpc) is 2.89. The molecule has 2 heterocycles. The van der Waals surface area contributed by atoms with E-state index in [1.165, 1.54) is 0 Å². The zero-order valence-electron chi connectivity index (χ0n) is 19.6. The summed E-state index contributed by atoms with van der Waals surface area (Å²) in [5.74, 6) is 2.09. The Labute approximate surface area is 199 Å². The second-order valence-electron chi connectivity index (χ2n) is 7.78. The van der Waals surface area contributed by atoms with Crippen LogP contribution in [0.4, 0.5) is 5.82 Å². The Kier molecular flexibility index (Phi) is 7.93. The van der Waals surface area contributed by atoms with Crippen LogP contribution in [0.15, 0.2) is 54.6 Å². The summed E-state index contributed by atoms with van der Waals surface area (Å²) >= 11 is 0. The van der Waals surface area contributed by atoms with E-state index in [1.54, 1.807) is 12.1 Å². The maximum atomic E-state index is 12.7. The molecule has 178 valence electrons. The molecule has 4 rings (SSSR count). The van der Waals surface area contributed by atoms with Gasteiger partial charge >= 0.3 is 0 Å². The number of nitrogens with one attached hydrogen (secondary N) is 1. The van der Waals surface area contributed by atoms with Crippen molar-refractivity contribution in [1.29, 1.82) is 0 Å². The van der Waals surface area contributed by atoms with Crippen molar-refractivity contribution < 1.29 is 19.0 Å². The minimum Gasteiger partial charge on any atom is -0.490 e. The molecule has 34 heavy (non-hydrogen) atoms. The third kappa shape index (κ3) is 5.82. The number of hydrogen-bond acceptors (Lipinski definition) is 7. The Morgan fingerprint density at radius 1 is 0.941 bits per heavy atom. The van der Waals surface area contributed by atoms with Crippen molar-refractivity contribution >= 4 is 11.7 Å². The summed E-state index contributed by atoms with van der Waals surface area (Å²) in [6.07, 6.45) is 0. The van der Waals surface area contributed by atoms with E-state index in [2.05, 4.69) is 20.4 Å². The van der Waals surface area contributed by atoms with Crippen molar-refractivity contribution in [3.05, 3.63) is 65.7 Å². The molecular formula is C26H30N4O4. The van der Waals surface area contributed by atoms with Gasteiger partial charge in [0.2, 0.25) is 0 Å². The third-order valence-electron chi connectivity index (χ3n) is 5.49. The maximum Gasteiger partial charge on any atom is 0.251 e. The predicted octanol–water partition coefficient (Wildman–Crippen LogP) is 3.71. The molecule has 0 saturated carbocycles. The second kappa shape index (κ2) is 11.5. The fourth-order valence-electron chi connectivity index (χ4n) is 3.72. The van der Waals surface area contributed by atoms with Crippen LogP contribution < -0.4 is 19.7 Å². The number of carbonyl (C=O) groups excluding carboxylic acids is 1. The number of morpholine rings is 1. The van der Waals surface area contributed by atoms with Crippen LogP contribution in [0.2, 0.25) is 0 Å². The van der Waals surface area contributed by atoms with Crippen molar-refractivity contribution in [3.8, 4) is 22.8 Å². The Bertz CT molecular complexity index is 1080. The molecule has 2 aromatic carbocycles. The molecule has 3 aromatic rings. The number of nitrogens with zero attached hydrogens (tertiary/aromatic N) is 3. The van der Waals surface area contributed by atoms with Gasteiger partial charge in [-0.1, -0.05) is 18.2 Å². The molecule has 0 unspecified atom stereocenters. The van der Waals surface area contributed by atoms with E-state index in [-0.39, 0.29) is 5.91 Å². The quantitative estimate of drug-likeness (QED) is 0.519. The molecule has 0 aliphatic carbocycles. The lowest BCUT2D eigenvalue weighted by atomic mass is 10.1. The molecule has 1 fully saturated rings. The van der Waals surface area contributed by atoms with Crippen LogP contribution in [0.5, 0.6) is 11.5 Å². The highest BCUT2D eigenvalue weighted by molar-refractivity contribution is 5.94. The molecule has 0 spiro atoms. The Morgan fingerprint density at radius 3 is 2.35 bits per heavy atom. The van der Waals surface area contributed by atoms with E-state index >= 15 is 0 Å². The van der Waals surface area contributed by atoms with Gasteiger partial charge in [-0.05, 0) is 55.8 Å². The van der Waals surface area contributed by atoms with Gasteiger partial charge in [-0.15, -0.1) is 10.2 Å². The summed E-state index contributed by atoms with van der Waals surface area (Å²) in [5, 5.41) is 11.7. The molecule has 1 aliphatic rings. The first kappa shape index (κ1) is 23.5. The Morgan fingerprint density at radius 2 is 1.68 bits per heavy atom. The summed E-state index contributed by atoms with van der Waals surface area (Å²) < 4.78 is 16.6. The van der Waals surface area contributed by atoms with E-state index in [1.807, 2.05) is 56.3 Å². The SMILES string of the molecule is CCOc1ccc(CNC(=O)c2ccc(-c3ccc(N4CCOCC4)nn3)cc2)cc1OCC. The van der Waals surface area contributed by atoms with Gasteiger partial charge in [-0.2, -0.15) is 0 Å². The van der Waals surface area contributed by atoms with Crippen LogP contribution in [-0.2, 0) is 11.3 Å². The Balaban J connectivity index is 1.36. The van der Waals surface area contributed by atoms with Crippen molar-refractivity contribution in [2.45, 2.75) is 20.4 Å². The average molecular weight is 463 g/mol. The van der Waals surface area contributed by atoms with Gasteiger partial charge in [0, 0.05) is 30.8 Å². The van der Waals surface area contributed by atoms with Gasteiger partial charge in [0.05, 0.1) is 32.1 Å². The van der Waals surface area contributed by atoms with E-state index in [0.717, 1.165) is 35.7 Å². The first-order valence-corrected chi connectivity index (χ1v) is 11.6. The van der Waals surface area contributed by atoms with E-state index in [4.69, 9.17) is 14.2 Å². The van der Waals surface area contributed by atoms with Crippen molar-refractivity contribution in [2.75, 3.05) is 44.4 Å². The highest BCUT2D eigenvalue weighted by atomic mass is 16.5. The summed E-state index contributed by atoms with van der Waals surface area (Å²) in [7, 11) is 0. The van der Waals surface area contributed by atoms with Crippen molar-refractivity contribution in [3.63, 3.8) is 0 Å².